The summed E-state index contributed by atoms with van der Waals surface area (Å²) in [6, 6.07) is 3.28. The fourth-order valence-electron chi connectivity index (χ4n) is 1.68. The van der Waals surface area contributed by atoms with Gasteiger partial charge in [0.15, 0.2) is 5.82 Å². The van der Waals surface area contributed by atoms with Gasteiger partial charge in [-0.05, 0) is 13.0 Å². The molecule has 2 aromatic rings. The van der Waals surface area contributed by atoms with Crippen molar-refractivity contribution >= 4 is 17.3 Å². The van der Waals surface area contributed by atoms with E-state index in [9.17, 15) is 0 Å². The molecule has 0 aliphatic carbocycles. The van der Waals surface area contributed by atoms with Gasteiger partial charge in [-0.25, -0.2) is 0 Å². The van der Waals surface area contributed by atoms with Crippen molar-refractivity contribution in [2.45, 2.75) is 13.3 Å². The van der Waals surface area contributed by atoms with Gasteiger partial charge in [0.2, 0.25) is 0 Å². The molecule has 7 heteroatoms. The molecule has 0 radical (unpaired) electrons. The standard InChI is InChI=1S/C13H16ClN3O3/c1-3-19-5-4-12-16-13(20-17-12)8-6-9(14)10(15)7-11(8)18-2/h6-7H,3-5,15H2,1-2H3. The smallest absolute Gasteiger partial charge is 0.261 e. The van der Waals surface area contributed by atoms with Crippen LogP contribution in [0.3, 0.4) is 0 Å². The molecule has 0 atom stereocenters. The maximum atomic E-state index is 6.01. The topological polar surface area (TPSA) is 83.4 Å². The van der Waals surface area contributed by atoms with Gasteiger partial charge in [0.25, 0.3) is 5.89 Å². The second-order valence-electron chi connectivity index (χ2n) is 4.04. The molecule has 1 aromatic carbocycles. The molecule has 0 bridgehead atoms. The van der Waals surface area contributed by atoms with Crippen LogP contribution in [0.25, 0.3) is 11.5 Å². The van der Waals surface area contributed by atoms with E-state index in [-0.39, 0.29) is 0 Å². The predicted molar refractivity (Wildman–Crippen MR) is 75.9 cm³/mol. The predicted octanol–water partition coefficient (Wildman–Crippen LogP) is 2.56. The number of benzene rings is 1. The fraction of sp³-hybridized carbons (Fsp3) is 0.385. The number of methoxy groups -OCH3 is 1. The van der Waals surface area contributed by atoms with Crippen LogP contribution in [-0.2, 0) is 11.2 Å². The Morgan fingerprint density at radius 2 is 2.20 bits per heavy atom. The first-order valence-corrected chi connectivity index (χ1v) is 6.57. The van der Waals surface area contributed by atoms with E-state index < -0.39 is 0 Å². The zero-order valence-corrected chi connectivity index (χ0v) is 12.1. The number of ether oxygens (including phenoxy) is 2. The molecular formula is C13H16ClN3O3. The highest BCUT2D eigenvalue weighted by atomic mass is 35.5. The van der Waals surface area contributed by atoms with Gasteiger partial charge < -0.3 is 19.7 Å². The summed E-state index contributed by atoms with van der Waals surface area (Å²) in [5.74, 6) is 1.45. The monoisotopic (exact) mass is 297 g/mol. The van der Waals surface area contributed by atoms with Crippen LogP contribution in [0.4, 0.5) is 5.69 Å². The summed E-state index contributed by atoms with van der Waals surface area (Å²) in [6.07, 6.45) is 0.586. The van der Waals surface area contributed by atoms with Crippen LogP contribution >= 0.6 is 11.6 Å². The summed E-state index contributed by atoms with van der Waals surface area (Å²) < 4.78 is 15.7. The Balaban J connectivity index is 2.25. The van der Waals surface area contributed by atoms with E-state index in [1.54, 1.807) is 19.2 Å². The van der Waals surface area contributed by atoms with Crippen LogP contribution in [0.15, 0.2) is 16.7 Å². The van der Waals surface area contributed by atoms with Gasteiger partial charge in [0.1, 0.15) is 5.75 Å². The first kappa shape index (κ1) is 14.6. The summed E-state index contributed by atoms with van der Waals surface area (Å²) >= 11 is 6.01. The number of anilines is 1. The molecule has 2 N–H and O–H groups in total. The first-order valence-electron chi connectivity index (χ1n) is 6.19. The summed E-state index contributed by atoms with van der Waals surface area (Å²) in [5, 5.41) is 4.31. The molecule has 108 valence electrons. The van der Waals surface area contributed by atoms with Gasteiger partial charge in [-0.3, -0.25) is 0 Å². The van der Waals surface area contributed by atoms with Gasteiger partial charge in [-0.15, -0.1) is 0 Å². The third-order valence-electron chi connectivity index (χ3n) is 2.69. The van der Waals surface area contributed by atoms with E-state index in [1.807, 2.05) is 6.92 Å². The van der Waals surface area contributed by atoms with Crippen molar-refractivity contribution in [2.75, 3.05) is 26.1 Å². The molecule has 20 heavy (non-hydrogen) atoms. The van der Waals surface area contributed by atoms with Crippen LogP contribution in [0.5, 0.6) is 5.75 Å². The van der Waals surface area contributed by atoms with Crippen LogP contribution in [0, 0.1) is 0 Å². The molecule has 0 unspecified atom stereocenters. The minimum Gasteiger partial charge on any atom is -0.496 e. The van der Waals surface area contributed by atoms with Gasteiger partial charge in [0.05, 0.1) is 30.0 Å². The lowest BCUT2D eigenvalue weighted by atomic mass is 10.2. The number of aromatic nitrogens is 2. The second-order valence-corrected chi connectivity index (χ2v) is 4.44. The highest BCUT2D eigenvalue weighted by Gasteiger charge is 2.16. The fourth-order valence-corrected chi connectivity index (χ4v) is 1.84. The highest BCUT2D eigenvalue weighted by Crippen LogP contribution is 2.35. The van der Waals surface area contributed by atoms with Crippen LogP contribution in [-0.4, -0.2) is 30.5 Å². The average Bonchev–Trinajstić information content (AvgIpc) is 2.90. The van der Waals surface area contributed by atoms with E-state index in [1.165, 1.54) is 0 Å². The molecule has 0 aliphatic rings. The number of rotatable bonds is 6. The summed E-state index contributed by atoms with van der Waals surface area (Å²) in [4.78, 5) is 4.29. The number of halogens is 1. The largest absolute Gasteiger partial charge is 0.496 e. The van der Waals surface area contributed by atoms with E-state index in [0.717, 1.165) is 0 Å². The lowest BCUT2D eigenvalue weighted by Gasteiger charge is -2.07. The number of hydrogen-bond acceptors (Lipinski definition) is 6. The van der Waals surface area contributed by atoms with Gasteiger partial charge in [-0.1, -0.05) is 16.8 Å². The Kier molecular flexibility index (Phi) is 4.81. The number of nitrogens with two attached hydrogens (primary N) is 1. The second kappa shape index (κ2) is 6.58. The molecule has 0 aliphatic heterocycles. The van der Waals surface area contributed by atoms with Crippen molar-refractivity contribution in [3.63, 3.8) is 0 Å². The molecule has 0 saturated heterocycles. The van der Waals surface area contributed by atoms with Gasteiger partial charge >= 0.3 is 0 Å². The quantitative estimate of drug-likeness (QED) is 0.651. The third kappa shape index (κ3) is 3.20. The van der Waals surface area contributed by atoms with Gasteiger partial charge in [-0.2, -0.15) is 4.98 Å². The SMILES string of the molecule is CCOCCc1noc(-c2cc(Cl)c(N)cc2OC)n1. The average molecular weight is 298 g/mol. The van der Waals surface area contributed by atoms with Crippen LogP contribution in [0.1, 0.15) is 12.7 Å². The van der Waals surface area contributed by atoms with Crippen molar-refractivity contribution in [1.29, 1.82) is 0 Å². The van der Waals surface area contributed by atoms with Crippen molar-refractivity contribution in [3.8, 4) is 17.2 Å². The van der Waals surface area contributed by atoms with E-state index in [4.69, 9.17) is 31.3 Å². The number of nitrogens with zero attached hydrogens (tertiary/aromatic N) is 2. The maximum Gasteiger partial charge on any atom is 0.261 e. The molecule has 0 fully saturated rings. The molecule has 1 aromatic heterocycles. The maximum absolute atomic E-state index is 6.01. The van der Waals surface area contributed by atoms with Crippen molar-refractivity contribution < 1.29 is 14.0 Å². The van der Waals surface area contributed by atoms with Crippen molar-refractivity contribution in [1.82, 2.24) is 10.1 Å². The Bertz CT molecular complexity index is 586. The summed E-state index contributed by atoms with van der Waals surface area (Å²) in [7, 11) is 1.54. The van der Waals surface area contributed by atoms with Crippen molar-refractivity contribution in [2.24, 2.45) is 0 Å². The lowest BCUT2D eigenvalue weighted by Crippen LogP contribution is -1.99. The minimum atomic E-state index is 0.343. The Morgan fingerprint density at radius 1 is 1.40 bits per heavy atom. The molecule has 2 rings (SSSR count). The molecule has 0 saturated carbocycles. The molecular weight excluding hydrogens is 282 g/mol. The Morgan fingerprint density at radius 3 is 2.90 bits per heavy atom. The van der Waals surface area contributed by atoms with E-state index in [2.05, 4.69) is 10.1 Å². The number of nitrogen functional groups attached to an aromatic ring is 1. The van der Waals surface area contributed by atoms with Gasteiger partial charge in [0, 0.05) is 19.1 Å². The molecule has 6 nitrogen and oxygen atoms in total. The van der Waals surface area contributed by atoms with Crippen LogP contribution in [0.2, 0.25) is 5.02 Å². The Labute approximate surface area is 121 Å². The lowest BCUT2D eigenvalue weighted by molar-refractivity contribution is 0.149. The highest BCUT2D eigenvalue weighted by molar-refractivity contribution is 6.33. The summed E-state index contributed by atoms with van der Waals surface area (Å²) in [6.45, 7) is 3.14. The molecule has 1 heterocycles. The van der Waals surface area contributed by atoms with Crippen molar-refractivity contribution in [3.05, 3.63) is 23.0 Å². The van der Waals surface area contributed by atoms with E-state index in [0.29, 0.717) is 53.4 Å². The number of hydrogen-bond donors (Lipinski definition) is 1. The van der Waals surface area contributed by atoms with Crippen LogP contribution < -0.4 is 10.5 Å². The Hall–Kier alpha value is -1.79. The third-order valence-corrected chi connectivity index (χ3v) is 3.02. The zero-order valence-electron chi connectivity index (χ0n) is 11.4. The normalized spacial score (nSPS) is 10.8. The van der Waals surface area contributed by atoms with E-state index >= 15 is 0 Å². The minimum absolute atomic E-state index is 0.343. The molecule has 0 spiro atoms. The first-order chi connectivity index (χ1) is 9.65. The molecule has 0 amide bonds. The zero-order chi connectivity index (χ0) is 14.5. The summed E-state index contributed by atoms with van der Waals surface area (Å²) in [5.41, 5.74) is 6.78.